The molecule has 3 heterocycles. The summed E-state index contributed by atoms with van der Waals surface area (Å²) in [5.41, 5.74) is 1.46. The van der Waals surface area contributed by atoms with Crippen molar-refractivity contribution in [3.63, 3.8) is 0 Å². The Morgan fingerprint density at radius 1 is 0.824 bits per heavy atom. The smallest absolute Gasteiger partial charge is 0.274 e. The maximum Gasteiger partial charge on any atom is 0.274 e. The van der Waals surface area contributed by atoms with E-state index in [1.54, 1.807) is 59.6 Å². The van der Waals surface area contributed by atoms with Gasteiger partial charge < -0.3 is 4.90 Å². The zero-order valence-corrected chi connectivity index (χ0v) is 19.6. The number of sulfonamides is 1. The number of fused-ring (bicyclic) bond motifs is 1. The van der Waals surface area contributed by atoms with Gasteiger partial charge in [0, 0.05) is 37.4 Å². The molecule has 1 aliphatic rings. The van der Waals surface area contributed by atoms with Crippen LogP contribution >= 0.6 is 11.6 Å². The summed E-state index contributed by atoms with van der Waals surface area (Å²) >= 11 is 6.02. The number of rotatable bonds is 4. The van der Waals surface area contributed by atoms with E-state index in [-0.39, 0.29) is 42.7 Å². The molecule has 0 saturated carbocycles. The molecule has 0 spiro atoms. The van der Waals surface area contributed by atoms with Crippen LogP contribution in [0, 0.1) is 0 Å². The molecule has 1 saturated heterocycles. The van der Waals surface area contributed by atoms with E-state index in [9.17, 15) is 13.2 Å². The summed E-state index contributed by atoms with van der Waals surface area (Å²) in [7, 11) is -3.69. The number of aromatic nitrogens is 3. The highest BCUT2D eigenvalue weighted by molar-refractivity contribution is 7.89. The van der Waals surface area contributed by atoms with Crippen LogP contribution in [0.1, 0.15) is 10.5 Å². The van der Waals surface area contributed by atoms with Gasteiger partial charge in [-0.3, -0.25) is 9.78 Å². The van der Waals surface area contributed by atoms with Crippen LogP contribution in [0.2, 0.25) is 5.02 Å². The quantitative estimate of drug-likeness (QED) is 0.431. The maximum atomic E-state index is 13.2. The molecule has 0 atom stereocenters. The van der Waals surface area contributed by atoms with Gasteiger partial charge >= 0.3 is 0 Å². The Balaban J connectivity index is 1.27. The number of piperazine rings is 1. The summed E-state index contributed by atoms with van der Waals surface area (Å²) < 4.78 is 27.8. The molecule has 0 radical (unpaired) electrons. The lowest BCUT2D eigenvalue weighted by molar-refractivity contribution is 0.0691. The molecule has 5 rings (SSSR count). The standard InChI is InChI=1S/C24H20ClN5O3S/c25-19-6-4-18-16-20(7-5-17(18)15-19)34(32,33)30-13-11-29(12-14-30)24(31)23-9-8-22(27-28-23)21-3-1-2-10-26-21/h1-10,15-16H,11-14H2. The minimum absolute atomic E-state index is 0.201. The summed E-state index contributed by atoms with van der Waals surface area (Å²) in [4.78, 5) is 18.9. The summed E-state index contributed by atoms with van der Waals surface area (Å²) in [5.74, 6) is -0.278. The Bertz CT molecular complexity index is 1460. The number of nitrogens with zero attached hydrogens (tertiary/aromatic N) is 5. The van der Waals surface area contributed by atoms with Gasteiger partial charge in [0.1, 0.15) is 5.69 Å². The Hall–Kier alpha value is -3.40. The molecule has 0 bridgehead atoms. The van der Waals surface area contributed by atoms with Crippen LogP contribution in [-0.4, -0.2) is 64.9 Å². The molecule has 1 amide bonds. The third-order valence-electron chi connectivity index (χ3n) is 5.75. The van der Waals surface area contributed by atoms with E-state index in [2.05, 4.69) is 15.2 Å². The molecule has 8 nitrogen and oxygen atoms in total. The van der Waals surface area contributed by atoms with E-state index in [0.717, 1.165) is 10.8 Å². The number of hydrogen-bond acceptors (Lipinski definition) is 6. The Morgan fingerprint density at radius 2 is 1.59 bits per heavy atom. The second-order valence-electron chi connectivity index (χ2n) is 7.87. The minimum Gasteiger partial charge on any atom is -0.335 e. The van der Waals surface area contributed by atoms with Crippen molar-refractivity contribution in [2.24, 2.45) is 0 Å². The second kappa shape index (κ2) is 9.09. The summed E-state index contributed by atoms with van der Waals surface area (Å²) in [6.45, 7) is 0.939. The number of carbonyl (C=O) groups is 1. The second-order valence-corrected chi connectivity index (χ2v) is 10.2. The highest BCUT2D eigenvalue weighted by atomic mass is 35.5. The SMILES string of the molecule is O=C(c1ccc(-c2ccccn2)nn1)N1CCN(S(=O)(=O)c2ccc3cc(Cl)ccc3c2)CC1. The molecule has 0 unspecified atom stereocenters. The average Bonchev–Trinajstić information content (AvgIpc) is 2.88. The third kappa shape index (κ3) is 4.37. The number of hydrogen-bond donors (Lipinski definition) is 0. The summed E-state index contributed by atoms with van der Waals surface area (Å²) in [5, 5.41) is 10.4. The van der Waals surface area contributed by atoms with Crippen LogP contribution in [0.15, 0.2) is 77.8 Å². The lowest BCUT2D eigenvalue weighted by Gasteiger charge is -2.33. The van der Waals surface area contributed by atoms with E-state index in [0.29, 0.717) is 16.4 Å². The van der Waals surface area contributed by atoms with Crippen molar-refractivity contribution >= 4 is 38.3 Å². The first-order valence-corrected chi connectivity index (χ1v) is 12.5. The van der Waals surface area contributed by atoms with Crippen molar-refractivity contribution in [3.8, 4) is 11.4 Å². The molecule has 172 valence electrons. The van der Waals surface area contributed by atoms with Gasteiger partial charge in [-0.25, -0.2) is 8.42 Å². The zero-order chi connectivity index (χ0) is 23.7. The first-order valence-electron chi connectivity index (χ1n) is 10.7. The molecule has 10 heteroatoms. The number of benzene rings is 2. The molecule has 2 aromatic heterocycles. The fourth-order valence-electron chi connectivity index (χ4n) is 3.89. The lowest BCUT2D eigenvalue weighted by Crippen LogP contribution is -2.50. The zero-order valence-electron chi connectivity index (χ0n) is 18.0. The van der Waals surface area contributed by atoms with Gasteiger partial charge in [-0.05, 0) is 59.3 Å². The van der Waals surface area contributed by atoms with Crippen LogP contribution < -0.4 is 0 Å². The fourth-order valence-corrected chi connectivity index (χ4v) is 5.53. The maximum absolute atomic E-state index is 13.2. The Labute approximate surface area is 201 Å². The largest absolute Gasteiger partial charge is 0.335 e. The average molecular weight is 494 g/mol. The monoisotopic (exact) mass is 493 g/mol. The van der Waals surface area contributed by atoms with Crippen molar-refractivity contribution < 1.29 is 13.2 Å². The van der Waals surface area contributed by atoms with E-state index >= 15 is 0 Å². The van der Waals surface area contributed by atoms with Crippen molar-refractivity contribution in [1.82, 2.24) is 24.4 Å². The first kappa shape index (κ1) is 22.4. The molecule has 4 aromatic rings. The highest BCUT2D eigenvalue weighted by Crippen LogP contribution is 2.25. The van der Waals surface area contributed by atoms with Gasteiger partial charge in [0.15, 0.2) is 5.69 Å². The van der Waals surface area contributed by atoms with E-state index in [1.807, 2.05) is 18.2 Å². The van der Waals surface area contributed by atoms with Crippen molar-refractivity contribution in [1.29, 1.82) is 0 Å². The van der Waals surface area contributed by atoms with Gasteiger partial charge in [0.25, 0.3) is 5.91 Å². The number of halogens is 1. The molecule has 0 aliphatic carbocycles. The van der Waals surface area contributed by atoms with Gasteiger partial charge in [-0.2, -0.15) is 4.31 Å². The number of pyridine rings is 1. The number of amides is 1. The van der Waals surface area contributed by atoms with Crippen LogP contribution in [0.25, 0.3) is 22.2 Å². The van der Waals surface area contributed by atoms with Crippen molar-refractivity contribution in [3.05, 3.63) is 83.6 Å². The van der Waals surface area contributed by atoms with Crippen LogP contribution in [-0.2, 0) is 10.0 Å². The van der Waals surface area contributed by atoms with E-state index in [1.165, 1.54) is 4.31 Å². The molecule has 1 fully saturated rings. The van der Waals surface area contributed by atoms with Crippen molar-refractivity contribution in [2.75, 3.05) is 26.2 Å². The van der Waals surface area contributed by atoms with Crippen LogP contribution in [0.3, 0.4) is 0 Å². The molecular weight excluding hydrogens is 474 g/mol. The molecule has 0 N–H and O–H groups in total. The molecular formula is C24H20ClN5O3S. The predicted molar refractivity (Wildman–Crippen MR) is 129 cm³/mol. The Kier molecular flexibility index (Phi) is 5.99. The molecule has 34 heavy (non-hydrogen) atoms. The normalized spacial score (nSPS) is 14.9. The van der Waals surface area contributed by atoms with E-state index < -0.39 is 10.0 Å². The predicted octanol–water partition coefficient (Wildman–Crippen LogP) is 3.49. The summed E-state index contributed by atoms with van der Waals surface area (Å²) in [6.07, 6.45) is 1.66. The van der Waals surface area contributed by atoms with Crippen molar-refractivity contribution in [2.45, 2.75) is 4.90 Å². The van der Waals surface area contributed by atoms with Gasteiger partial charge in [-0.1, -0.05) is 29.8 Å². The lowest BCUT2D eigenvalue weighted by atomic mass is 10.1. The third-order valence-corrected chi connectivity index (χ3v) is 7.88. The van der Waals surface area contributed by atoms with E-state index in [4.69, 9.17) is 11.6 Å². The van der Waals surface area contributed by atoms with Crippen LogP contribution in [0.4, 0.5) is 0 Å². The summed E-state index contributed by atoms with van der Waals surface area (Å²) in [6, 6.07) is 19.1. The van der Waals surface area contributed by atoms with Gasteiger partial charge in [-0.15, -0.1) is 10.2 Å². The Morgan fingerprint density at radius 3 is 2.29 bits per heavy atom. The highest BCUT2D eigenvalue weighted by Gasteiger charge is 2.31. The van der Waals surface area contributed by atoms with Crippen LogP contribution in [0.5, 0.6) is 0 Å². The fraction of sp³-hybridized carbons (Fsp3) is 0.167. The van der Waals surface area contributed by atoms with Gasteiger partial charge in [0.05, 0.1) is 10.6 Å². The molecule has 1 aliphatic heterocycles. The van der Waals surface area contributed by atoms with Gasteiger partial charge in [0.2, 0.25) is 10.0 Å². The minimum atomic E-state index is -3.69. The number of carbonyl (C=O) groups excluding carboxylic acids is 1. The molecule has 2 aromatic carbocycles. The topological polar surface area (TPSA) is 96.4 Å². The first-order chi connectivity index (χ1) is 16.4.